The van der Waals surface area contributed by atoms with E-state index in [2.05, 4.69) is 5.32 Å². The number of nitrogens with one attached hydrogen (secondary N) is 1. The van der Waals surface area contributed by atoms with E-state index in [1.807, 2.05) is 0 Å². The van der Waals surface area contributed by atoms with E-state index in [0.29, 0.717) is 5.56 Å². The summed E-state index contributed by atoms with van der Waals surface area (Å²) in [6.07, 6.45) is 0. The SMILES string of the molecule is Cl.O=C(O)[C@@H](CF)N[C@@H](C(=O)O)c1ccccc1. The quantitative estimate of drug-likeness (QED) is 0.728. The van der Waals surface area contributed by atoms with E-state index >= 15 is 0 Å². The predicted molar refractivity (Wildman–Crippen MR) is 64.6 cm³/mol. The van der Waals surface area contributed by atoms with Gasteiger partial charge in [-0.25, -0.2) is 4.39 Å². The van der Waals surface area contributed by atoms with E-state index in [-0.39, 0.29) is 12.4 Å². The van der Waals surface area contributed by atoms with Crippen molar-refractivity contribution in [3.8, 4) is 0 Å². The molecule has 0 aromatic heterocycles. The molecule has 1 aromatic rings. The Bertz CT molecular complexity index is 401. The third kappa shape index (κ3) is 4.31. The summed E-state index contributed by atoms with van der Waals surface area (Å²) in [5, 5.41) is 19.9. The van der Waals surface area contributed by atoms with Crippen LogP contribution in [-0.2, 0) is 9.59 Å². The minimum absolute atomic E-state index is 0. The Morgan fingerprint density at radius 1 is 1.17 bits per heavy atom. The lowest BCUT2D eigenvalue weighted by Gasteiger charge is -2.18. The van der Waals surface area contributed by atoms with Gasteiger partial charge in [-0.2, -0.15) is 0 Å². The Kier molecular flexibility index (Phi) is 6.92. The molecule has 2 atom stereocenters. The molecule has 0 fully saturated rings. The maximum absolute atomic E-state index is 12.4. The van der Waals surface area contributed by atoms with Crippen molar-refractivity contribution in [2.75, 3.05) is 6.67 Å². The van der Waals surface area contributed by atoms with Gasteiger partial charge < -0.3 is 10.2 Å². The van der Waals surface area contributed by atoms with E-state index in [4.69, 9.17) is 10.2 Å². The number of carboxylic acids is 2. The largest absolute Gasteiger partial charge is 0.480 e. The highest BCUT2D eigenvalue weighted by Gasteiger charge is 2.26. The van der Waals surface area contributed by atoms with Crippen LogP contribution in [0.2, 0.25) is 0 Å². The second-order valence-corrected chi connectivity index (χ2v) is 3.39. The fourth-order valence-electron chi connectivity index (χ4n) is 1.34. The topological polar surface area (TPSA) is 86.6 Å². The van der Waals surface area contributed by atoms with Gasteiger partial charge in [-0.05, 0) is 5.56 Å². The highest BCUT2D eigenvalue weighted by molar-refractivity contribution is 5.85. The van der Waals surface area contributed by atoms with Crippen LogP contribution in [0.25, 0.3) is 0 Å². The summed E-state index contributed by atoms with van der Waals surface area (Å²) in [4.78, 5) is 21.6. The summed E-state index contributed by atoms with van der Waals surface area (Å²) in [7, 11) is 0. The van der Waals surface area contributed by atoms with Gasteiger partial charge in [0.2, 0.25) is 0 Å². The second kappa shape index (κ2) is 7.62. The minimum atomic E-state index is -1.53. The molecule has 0 unspecified atom stereocenters. The van der Waals surface area contributed by atoms with Crippen molar-refractivity contribution < 1.29 is 24.2 Å². The maximum Gasteiger partial charge on any atom is 0.325 e. The molecule has 18 heavy (non-hydrogen) atoms. The zero-order valence-corrected chi connectivity index (χ0v) is 10.1. The van der Waals surface area contributed by atoms with Crippen molar-refractivity contribution in [2.24, 2.45) is 0 Å². The fraction of sp³-hybridized carbons (Fsp3) is 0.273. The first-order valence-electron chi connectivity index (χ1n) is 4.89. The molecule has 0 saturated carbocycles. The zero-order chi connectivity index (χ0) is 12.8. The zero-order valence-electron chi connectivity index (χ0n) is 9.25. The molecule has 5 nitrogen and oxygen atoms in total. The smallest absolute Gasteiger partial charge is 0.325 e. The van der Waals surface area contributed by atoms with Crippen LogP contribution in [0.5, 0.6) is 0 Å². The molecule has 3 N–H and O–H groups in total. The summed E-state index contributed by atoms with van der Waals surface area (Å²) in [6.45, 7) is -1.17. The molecule has 1 aromatic carbocycles. The number of rotatable bonds is 6. The fourth-order valence-corrected chi connectivity index (χ4v) is 1.34. The molecule has 0 aliphatic heterocycles. The lowest BCUT2D eigenvalue weighted by molar-refractivity contribution is -0.143. The van der Waals surface area contributed by atoms with E-state index in [0.717, 1.165) is 0 Å². The van der Waals surface area contributed by atoms with E-state index in [9.17, 15) is 14.0 Å². The van der Waals surface area contributed by atoms with Crippen LogP contribution in [0.4, 0.5) is 4.39 Å². The first-order chi connectivity index (χ1) is 8.06. The molecule has 0 bridgehead atoms. The van der Waals surface area contributed by atoms with Crippen molar-refractivity contribution in [3.05, 3.63) is 35.9 Å². The van der Waals surface area contributed by atoms with Gasteiger partial charge in [0.15, 0.2) is 0 Å². The molecule has 1 rings (SSSR count). The molecule has 0 aliphatic carbocycles. The monoisotopic (exact) mass is 277 g/mol. The Hall–Kier alpha value is -1.66. The second-order valence-electron chi connectivity index (χ2n) is 3.39. The van der Waals surface area contributed by atoms with Gasteiger partial charge in [-0.3, -0.25) is 14.9 Å². The van der Waals surface area contributed by atoms with Crippen LogP contribution in [0, 0.1) is 0 Å². The molecule has 0 aliphatic rings. The number of alkyl halides is 1. The summed E-state index contributed by atoms with van der Waals surface area (Å²) in [5.74, 6) is -2.68. The number of carboxylic acid groups (broad SMARTS) is 2. The number of aliphatic carboxylic acids is 2. The van der Waals surface area contributed by atoms with Crippen molar-refractivity contribution in [3.63, 3.8) is 0 Å². The third-order valence-electron chi connectivity index (χ3n) is 2.20. The van der Waals surface area contributed by atoms with Crippen LogP contribution in [0.15, 0.2) is 30.3 Å². The van der Waals surface area contributed by atoms with Gasteiger partial charge in [0.25, 0.3) is 0 Å². The number of benzene rings is 1. The summed E-state index contributed by atoms with van der Waals surface area (Å²) < 4.78 is 12.4. The number of hydrogen-bond acceptors (Lipinski definition) is 3. The summed E-state index contributed by atoms with van der Waals surface area (Å²) in [5.41, 5.74) is 0.375. The molecule has 0 amide bonds. The molecule has 0 radical (unpaired) electrons. The lowest BCUT2D eigenvalue weighted by Crippen LogP contribution is -2.43. The van der Waals surface area contributed by atoms with E-state index in [1.165, 1.54) is 12.1 Å². The van der Waals surface area contributed by atoms with Gasteiger partial charge >= 0.3 is 11.9 Å². The molecule has 0 saturated heterocycles. The number of carbonyl (C=O) groups is 2. The average molecular weight is 278 g/mol. The number of halogens is 2. The van der Waals surface area contributed by atoms with Crippen LogP contribution in [0.3, 0.4) is 0 Å². The summed E-state index contributed by atoms with van der Waals surface area (Å²) >= 11 is 0. The van der Waals surface area contributed by atoms with Crippen LogP contribution < -0.4 is 5.32 Å². The highest BCUT2D eigenvalue weighted by Crippen LogP contribution is 2.13. The third-order valence-corrected chi connectivity index (χ3v) is 2.20. The Balaban J connectivity index is 0.00000289. The first-order valence-corrected chi connectivity index (χ1v) is 4.89. The van der Waals surface area contributed by atoms with Crippen LogP contribution >= 0.6 is 12.4 Å². The minimum Gasteiger partial charge on any atom is -0.480 e. The highest BCUT2D eigenvalue weighted by atomic mass is 35.5. The van der Waals surface area contributed by atoms with Crippen LogP contribution in [0.1, 0.15) is 11.6 Å². The Morgan fingerprint density at radius 3 is 2.11 bits per heavy atom. The number of hydrogen-bond donors (Lipinski definition) is 3. The average Bonchev–Trinajstić information content (AvgIpc) is 2.30. The van der Waals surface area contributed by atoms with E-state index < -0.39 is 30.7 Å². The predicted octanol–water partition coefficient (Wildman–Crippen LogP) is 1.25. The van der Waals surface area contributed by atoms with Gasteiger partial charge in [-0.15, -0.1) is 12.4 Å². The molecular formula is C11H13ClFNO4. The van der Waals surface area contributed by atoms with Gasteiger partial charge in [0.05, 0.1) is 0 Å². The van der Waals surface area contributed by atoms with Crippen molar-refractivity contribution >= 4 is 24.3 Å². The van der Waals surface area contributed by atoms with Crippen molar-refractivity contribution in [1.29, 1.82) is 0 Å². The molecular weight excluding hydrogens is 265 g/mol. The Morgan fingerprint density at radius 2 is 1.72 bits per heavy atom. The van der Waals surface area contributed by atoms with Crippen LogP contribution in [-0.4, -0.2) is 34.9 Å². The van der Waals surface area contributed by atoms with E-state index in [1.54, 1.807) is 18.2 Å². The molecule has 0 spiro atoms. The summed E-state index contributed by atoms with van der Waals surface area (Å²) in [6, 6.07) is 5.23. The maximum atomic E-state index is 12.4. The first kappa shape index (κ1) is 16.3. The molecule has 7 heteroatoms. The van der Waals surface area contributed by atoms with Gasteiger partial charge in [0.1, 0.15) is 18.8 Å². The van der Waals surface area contributed by atoms with Gasteiger partial charge in [0, 0.05) is 0 Å². The normalized spacial score (nSPS) is 13.2. The molecule has 0 heterocycles. The Labute approximate surface area is 109 Å². The van der Waals surface area contributed by atoms with Crippen molar-refractivity contribution in [1.82, 2.24) is 5.32 Å². The lowest BCUT2D eigenvalue weighted by atomic mass is 10.1. The standard InChI is InChI=1S/C11H12FNO4.ClH/c12-6-8(10(14)15)13-9(11(16)17)7-4-2-1-3-5-7;/h1-5,8-9,13H,6H2,(H,14,15)(H,16,17);1H/t8-,9-;/m1./s1. The van der Waals surface area contributed by atoms with Crippen molar-refractivity contribution in [2.45, 2.75) is 12.1 Å². The molecule has 100 valence electrons. The van der Waals surface area contributed by atoms with Gasteiger partial charge in [-0.1, -0.05) is 30.3 Å².